The predicted octanol–water partition coefficient (Wildman–Crippen LogP) is 1.64. The molecular formula is C10H15ClN2OS. The van der Waals surface area contributed by atoms with Crippen LogP contribution < -0.4 is 11.1 Å². The van der Waals surface area contributed by atoms with E-state index in [2.05, 4.69) is 5.32 Å². The monoisotopic (exact) mass is 246 g/mol. The number of nitrogens with one attached hydrogen (secondary N) is 1. The summed E-state index contributed by atoms with van der Waals surface area (Å²) in [5.41, 5.74) is 5.60. The summed E-state index contributed by atoms with van der Waals surface area (Å²) in [5.74, 6) is 0.631. The molecule has 0 spiro atoms. The molecule has 5 heteroatoms. The zero-order valence-electron chi connectivity index (χ0n) is 8.31. The first kappa shape index (κ1) is 12.5. The van der Waals surface area contributed by atoms with Crippen LogP contribution in [-0.2, 0) is 0 Å². The fourth-order valence-electron chi connectivity index (χ4n) is 1.52. The molecule has 2 rings (SSSR count). The van der Waals surface area contributed by atoms with Crippen LogP contribution >= 0.6 is 23.7 Å². The van der Waals surface area contributed by atoms with Crippen molar-refractivity contribution in [3.05, 3.63) is 22.4 Å². The second kappa shape index (κ2) is 5.49. The lowest BCUT2D eigenvalue weighted by atomic mass is 10.2. The lowest BCUT2D eigenvalue weighted by molar-refractivity contribution is 0.0937. The molecule has 3 nitrogen and oxygen atoms in total. The Labute approximate surface area is 99.5 Å². The van der Waals surface area contributed by atoms with E-state index in [1.54, 1.807) is 0 Å². The molecule has 1 saturated carbocycles. The fraction of sp³-hybridized carbons (Fsp3) is 0.500. The Morgan fingerprint density at radius 3 is 2.87 bits per heavy atom. The lowest BCUT2D eigenvalue weighted by Gasteiger charge is -2.14. The smallest absolute Gasteiger partial charge is 0.261 e. The van der Waals surface area contributed by atoms with Gasteiger partial charge in [0.25, 0.3) is 5.91 Å². The molecule has 1 aromatic heterocycles. The summed E-state index contributed by atoms with van der Waals surface area (Å²) in [5, 5.41) is 4.88. The Hall–Kier alpha value is -0.580. The van der Waals surface area contributed by atoms with Crippen molar-refractivity contribution in [2.75, 3.05) is 6.54 Å². The Morgan fingerprint density at radius 2 is 2.40 bits per heavy atom. The summed E-state index contributed by atoms with van der Waals surface area (Å²) in [7, 11) is 0. The van der Waals surface area contributed by atoms with Crippen LogP contribution in [0.3, 0.4) is 0 Å². The number of hydrogen-bond donors (Lipinski definition) is 2. The summed E-state index contributed by atoms with van der Waals surface area (Å²) in [6.45, 7) is 0.543. The lowest BCUT2D eigenvalue weighted by Crippen LogP contribution is -2.41. The number of carbonyl (C=O) groups is 1. The molecule has 1 aliphatic carbocycles. The summed E-state index contributed by atoms with van der Waals surface area (Å²) >= 11 is 1.46. The molecule has 1 unspecified atom stereocenters. The van der Waals surface area contributed by atoms with Crippen molar-refractivity contribution >= 4 is 29.7 Å². The largest absolute Gasteiger partial charge is 0.347 e. The molecule has 1 heterocycles. The molecule has 0 bridgehead atoms. The van der Waals surface area contributed by atoms with Gasteiger partial charge in [0.2, 0.25) is 0 Å². The predicted molar refractivity (Wildman–Crippen MR) is 64.6 cm³/mol. The third-order valence-electron chi connectivity index (χ3n) is 2.51. The van der Waals surface area contributed by atoms with E-state index in [0.717, 1.165) is 4.88 Å². The van der Waals surface area contributed by atoms with Crippen molar-refractivity contribution in [3.8, 4) is 0 Å². The van der Waals surface area contributed by atoms with Crippen LogP contribution in [0.25, 0.3) is 0 Å². The van der Waals surface area contributed by atoms with E-state index in [1.165, 1.54) is 24.2 Å². The van der Waals surface area contributed by atoms with Crippen LogP contribution in [0.2, 0.25) is 0 Å². The average molecular weight is 247 g/mol. The first-order chi connectivity index (χ1) is 6.81. The molecule has 1 atom stereocenters. The van der Waals surface area contributed by atoms with Gasteiger partial charge in [0.05, 0.1) is 4.88 Å². The minimum Gasteiger partial charge on any atom is -0.347 e. The molecular weight excluding hydrogens is 232 g/mol. The normalized spacial score (nSPS) is 16.6. The first-order valence-corrected chi connectivity index (χ1v) is 5.73. The quantitative estimate of drug-likeness (QED) is 0.849. The Morgan fingerprint density at radius 1 is 1.67 bits per heavy atom. The highest BCUT2D eigenvalue weighted by molar-refractivity contribution is 7.12. The van der Waals surface area contributed by atoms with E-state index in [9.17, 15) is 4.79 Å². The third-order valence-corrected chi connectivity index (χ3v) is 3.38. The van der Waals surface area contributed by atoms with Gasteiger partial charge in [0, 0.05) is 12.6 Å². The van der Waals surface area contributed by atoms with Crippen LogP contribution in [0, 0.1) is 5.92 Å². The topological polar surface area (TPSA) is 55.1 Å². The second-order valence-electron chi connectivity index (χ2n) is 3.63. The van der Waals surface area contributed by atoms with E-state index in [1.807, 2.05) is 17.5 Å². The first-order valence-electron chi connectivity index (χ1n) is 4.85. The van der Waals surface area contributed by atoms with Crippen molar-refractivity contribution in [1.29, 1.82) is 0 Å². The summed E-state index contributed by atoms with van der Waals surface area (Å²) in [6, 6.07) is 3.89. The molecule has 84 valence electrons. The molecule has 0 radical (unpaired) electrons. The molecule has 3 N–H and O–H groups in total. The van der Waals surface area contributed by atoms with Gasteiger partial charge >= 0.3 is 0 Å². The maximum Gasteiger partial charge on any atom is 0.261 e. The minimum absolute atomic E-state index is 0. The van der Waals surface area contributed by atoms with Gasteiger partial charge in [-0.05, 0) is 30.2 Å². The summed E-state index contributed by atoms with van der Waals surface area (Å²) in [4.78, 5) is 12.4. The summed E-state index contributed by atoms with van der Waals surface area (Å²) in [6.07, 6.45) is 2.40. The minimum atomic E-state index is 0. The Bertz CT molecular complexity index is 311. The van der Waals surface area contributed by atoms with Gasteiger partial charge in [0.15, 0.2) is 0 Å². The van der Waals surface area contributed by atoms with Crippen molar-refractivity contribution in [3.63, 3.8) is 0 Å². The molecule has 1 fully saturated rings. The molecule has 1 amide bonds. The maximum atomic E-state index is 11.7. The number of amides is 1. The van der Waals surface area contributed by atoms with Crippen LogP contribution in [-0.4, -0.2) is 18.5 Å². The fourth-order valence-corrected chi connectivity index (χ4v) is 2.14. The van der Waals surface area contributed by atoms with E-state index in [0.29, 0.717) is 12.5 Å². The number of thiophene rings is 1. The van der Waals surface area contributed by atoms with E-state index in [-0.39, 0.29) is 24.4 Å². The van der Waals surface area contributed by atoms with Crippen LogP contribution in [0.4, 0.5) is 0 Å². The molecule has 0 aromatic carbocycles. The average Bonchev–Trinajstić information content (AvgIpc) is 2.88. The SMILES string of the molecule is Cl.NCC(NC(=O)c1cccs1)C1CC1. The van der Waals surface area contributed by atoms with E-state index < -0.39 is 0 Å². The number of hydrogen-bond acceptors (Lipinski definition) is 3. The van der Waals surface area contributed by atoms with Gasteiger partial charge in [-0.15, -0.1) is 23.7 Å². The molecule has 1 aliphatic rings. The van der Waals surface area contributed by atoms with Gasteiger partial charge in [0.1, 0.15) is 0 Å². The van der Waals surface area contributed by atoms with Gasteiger partial charge in [-0.25, -0.2) is 0 Å². The number of carbonyl (C=O) groups excluding carboxylic acids is 1. The van der Waals surface area contributed by atoms with Crippen molar-refractivity contribution < 1.29 is 4.79 Å². The van der Waals surface area contributed by atoms with Crippen LogP contribution in [0.15, 0.2) is 17.5 Å². The zero-order chi connectivity index (χ0) is 9.97. The van der Waals surface area contributed by atoms with Gasteiger partial charge in [-0.3, -0.25) is 4.79 Å². The number of rotatable bonds is 4. The van der Waals surface area contributed by atoms with E-state index in [4.69, 9.17) is 5.73 Å². The highest BCUT2D eigenvalue weighted by atomic mass is 35.5. The zero-order valence-corrected chi connectivity index (χ0v) is 9.94. The Kier molecular flexibility index (Phi) is 4.57. The number of halogens is 1. The molecule has 0 saturated heterocycles. The van der Waals surface area contributed by atoms with Crippen molar-refractivity contribution in [2.45, 2.75) is 18.9 Å². The molecule has 0 aliphatic heterocycles. The standard InChI is InChI=1S/C10H14N2OS.ClH/c11-6-8(7-3-4-7)12-10(13)9-2-1-5-14-9;/h1-2,5,7-8H,3-4,6,11H2,(H,12,13);1H. The van der Waals surface area contributed by atoms with Gasteiger partial charge in [-0.1, -0.05) is 6.07 Å². The van der Waals surface area contributed by atoms with E-state index >= 15 is 0 Å². The number of nitrogens with two attached hydrogens (primary N) is 1. The maximum absolute atomic E-state index is 11.7. The molecule has 1 aromatic rings. The highest BCUT2D eigenvalue weighted by Crippen LogP contribution is 2.32. The third kappa shape index (κ3) is 3.19. The van der Waals surface area contributed by atoms with Crippen LogP contribution in [0.5, 0.6) is 0 Å². The Balaban J connectivity index is 0.00000112. The summed E-state index contributed by atoms with van der Waals surface area (Å²) < 4.78 is 0. The van der Waals surface area contributed by atoms with Crippen molar-refractivity contribution in [1.82, 2.24) is 5.32 Å². The molecule has 15 heavy (non-hydrogen) atoms. The second-order valence-corrected chi connectivity index (χ2v) is 4.58. The van der Waals surface area contributed by atoms with Gasteiger partial charge in [-0.2, -0.15) is 0 Å². The van der Waals surface area contributed by atoms with Crippen LogP contribution in [0.1, 0.15) is 22.5 Å². The van der Waals surface area contributed by atoms with Gasteiger partial charge < -0.3 is 11.1 Å². The highest BCUT2D eigenvalue weighted by Gasteiger charge is 2.31. The van der Waals surface area contributed by atoms with Crippen molar-refractivity contribution in [2.24, 2.45) is 11.7 Å².